The molecule has 1 aromatic heterocycles. The van der Waals surface area contributed by atoms with Crippen molar-refractivity contribution in [1.82, 2.24) is 0 Å². The molecule has 0 radical (unpaired) electrons. The zero-order valence-corrected chi connectivity index (χ0v) is 46.0. The second-order valence-electron chi connectivity index (χ2n) is 21.5. The molecular weight excluding hydrogens is 1030 g/mol. The third-order valence-electron chi connectivity index (χ3n) is 17.3. The van der Waals surface area contributed by atoms with Gasteiger partial charge in [-0.15, -0.1) is 11.3 Å². The predicted molar refractivity (Wildman–Crippen MR) is 343 cm³/mol. The van der Waals surface area contributed by atoms with Crippen LogP contribution in [-0.4, -0.2) is 0 Å². The summed E-state index contributed by atoms with van der Waals surface area (Å²) in [5.74, 6) is -0.544. The second kappa shape index (κ2) is 19.8. The Morgan fingerprint density at radius 1 is 0.301 bits per heavy atom. The number of hydrogen-bond acceptors (Lipinski definition) is 3. The van der Waals surface area contributed by atoms with Crippen LogP contribution in [0.15, 0.2) is 292 Å². The van der Waals surface area contributed by atoms with Crippen LogP contribution in [-0.2, 0) is 10.8 Å². The Balaban J connectivity index is 0.875. The first kappa shape index (κ1) is 49.8. The number of halogens is 2. The van der Waals surface area contributed by atoms with Crippen LogP contribution < -0.4 is 9.80 Å². The highest BCUT2D eigenvalue weighted by Crippen LogP contribution is 2.59. The van der Waals surface area contributed by atoms with Crippen molar-refractivity contribution < 1.29 is 8.78 Å². The summed E-state index contributed by atoms with van der Waals surface area (Å²) in [6.07, 6.45) is 3.74. The van der Waals surface area contributed by atoms with Gasteiger partial charge in [0.2, 0.25) is 0 Å². The van der Waals surface area contributed by atoms with Gasteiger partial charge in [-0.1, -0.05) is 207 Å². The standard InChI is InChI=1S/C78H52F2N2S/c1-3-51-23-27-53(28-24-51)77(55-31-35-57(79)36-32-55)71-21-13-11-19-65(71)67-43-39-61(47-73(67)77)81(59-15-7-5-8-16-59)63-41-45-69-70-46-42-64(50-76(70)83-75(69)49-63)82(60-17-9-6-10-18-60)62-40-44-68-66-20-12-14-22-72(66)78(74(68)48-62,56-33-37-58(80)38-34-56)54-29-25-52(4-2)26-30-54/h3-50H,1-2H2. The maximum absolute atomic E-state index is 14.9. The maximum atomic E-state index is 14.9. The number of rotatable bonds is 12. The third-order valence-corrected chi connectivity index (χ3v) is 18.4. The van der Waals surface area contributed by atoms with Crippen LogP contribution in [0.25, 0.3) is 54.6 Å². The maximum Gasteiger partial charge on any atom is 0.123 e. The smallest absolute Gasteiger partial charge is 0.123 e. The lowest BCUT2D eigenvalue weighted by molar-refractivity contribution is 0.624. The topological polar surface area (TPSA) is 6.48 Å². The molecule has 2 nitrogen and oxygen atoms in total. The van der Waals surface area contributed by atoms with E-state index in [9.17, 15) is 8.78 Å². The van der Waals surface area contributed by atoms with E-state index in [1.807, 2.05) is 36.4 Å². The van der Waals surface area contributed by atoms with E-state index in [1.54, 1.807) is 35.6 Å². The van der Waals surface area contributed by atoms with Gasteiger partial charge >= 0.3 is 0 Å². The Bertz CT molecular complexity index is 4370. The number of fused-ring (bicyclic) bond motifs is 9. The largest absolute Gasteiger partial charge is 0.310 e. The van der Waals surface area contributed by atoms with Crippen LogP contribution in [0.1, 0.15) is 55.6 Å². The normalized spacial score (nSPS) is 15.5. The first-order chi connectivity index (χ1) is 40.8. The van der Waals surface area contributed by atoms with Crippen LogP contribution in [0, 0.1) is 11.6 Å². The van der Waals surface area contributed by atoms with E-state index in [-0.39, 0.29) is 11.6 Å². The zero-order valence-electron chi connectivity index (χ0n) is 45.2. The highest BCUT2D eigenvalue weighted by Gasteiger charge is 2.48. The third kappa shape index (κ3) is 7.80. The molecule has 394 valence electrons. The lowest BCUT2D eigenvalue weighted by Crippen LogP contribution is -2.29. The van der Waals surface area contributed by atoms with Gasteiger partial charge in [-0.3, -0.25) is 0 Å². The van der Waals surface area contributed by atoms with E-state index >= 15 is 0 Å². The van der Waals surface area contributed by atoms with Crippen LogP contribution in [0.5, 0.6) is 0 Å². The molecule has 0 bridgehead atoms. The number of benzene rings is 12. The number of anilines is 6. The molecule has 13 aromatic rings. The van der Waals surface area contributed by atoms with Crippen LogP contribution in [0.4, 0.5) is 42.9 Å². The number of thiophene rings is 1. The number of para-hydroxylation sites is 2. The van der Waals surface area contributed by atoms with Gasteiger partial charge < -0.3 is 9.80 Å². The highest BCUT2D eigenvalue weighted by atomic mass is 32.1. The Labute approximate surface area is 486 Å². The van der Waals surface area contributed by atoms with Gasteiger partial charge in [-0.05, 0) is 175 Å². The molecule has 2 unspecified atom stereocenters. The van der Waals surface area contributed by atoms with Crippen molar-refractivity contribution in [2.24, 2.45) is 0 Å². The molecule has 0 N–H and O–H groups in total. The molecule has 0 saturated heterocycles. The van der Waals surface area contributed by atoms with Gasteiger partial charge in [0.25, 0.3) is 0 Å². The summed E-state index contributed by atoms with van der Waals surface area (Å²) in [5.41, 5.74) is 20.0. The Kier molecular flexibility index (Phi) is 11.9. The summed E-state index contributed by atoms with van der Waals surface area (Å²) < 4.78 is 32.2. The van der Waals surface area contributed by atoms with Crippen LogP contribution in [0.3, 0.4) is 0 Å². The van der Waals surface area contributed by atoms with E-state index in [0.717, 1.165) is 112 Å². The van der Waals surface area contributed by atoms with Crippen LogP contribution in [0.2, 0.25) is 0 Å². The summed E-state index contributed by atoms with van der Waals surface area (Å²) in [4.78, 5) is 4.72. The molecule has 2 atom stereocenters. The number of nitrogens with zero attached hydrogens (tertiary/aromatic N) is 2. The molecule has 0 saturated carbocycles. The van der Waals surface area contributed by atoms with Crippen molar-refractivity contribution >= 4 is 77.8 Å². The van der Waals surface area contributed by atoms with E-state index in [2.05, 4.69) is 253 Å². The van der Waals surface area contributed by atoms with Crippen molar-refractivity contribution in [1.29, 1.82) is 0 Å². The van der Waals surface area contributed by atoms with Gasteiger partial charge in [0, 0.05) is 54.3 Å². The molecule has 0 spiro atoms. The second-order valence-corrected chi connectivity index (χ2v) is 22.6. The minimum absolute atomic E-state index is 0.272. The van der Waals surface area contributed by atoms with E-state index < -0.39 is 10.8 Å². The van der Waals surface area contributed by atoms with Gasteiger partial charge in [0.1, 0.15) is 11.6 Å². The molecule has 1 heterocycles. The summed E-state index contributed by atoms with van der Waals surface area (Å²) in [6.45, 7) is 8.10. The van der Waals surface area contributed by atoms with Crippen molar-refractivity contribution in [3.63, 3.8) is 0 Å². The number of hydrogen-bond donors (Lipinski definition) is 0. The molecule has 0 fully saturated rings. The first-order valence-corrected chi connectivity index (χ1v) is 28.8. The molecule has 2 aliphatic rings. The fourth-order valence-electron chi connectivity index (χ4n) is 13.6. The van der Waals surface area contributed by atoms with Crippen LogP contribution >= 0.6 is 11.3 Å². The van der Waals surface area contributed by atoms with Gasteiger partial charge in [-0.25, -0.2) is 8.78 Å². The average molecular weight is 1090 g/mol. The highest BCUT2D eigenvalue weighted by molar-refractivity contribution is 7.25. The molecule has 0 amide bonds. The van der Waals surface area contributed by atoms with E-state index in [4.69, 9.17) is 0 Å². The fraction of sp³-hybridized carbons (Fsp3) is 0.0256. The van der Waals surface area contributed by atoms with Crippen molar-refractivity contribution in [3.05, 3.63) is 359 Å². The Hall–Kier alpha value is -10.2. The lowest BCUT2D eigenvalue weighted by Gasteiger charge is -2.35. The lowest BCUT2D eigenvalue weighted by atomic mass is 9.67. The SMILES string of the molecule is C=Cc1ccc(C2(c3ccc(F)cc3)c3ccccc3-c3ccc(N(c4ccccc4)c4ccc5c(c4)sc4cc(N(c6ccccc6)c6ccc7c(c6)C(c6ccc(F)cc6)(c6ccc(C=C)cc6)c6ccccc6-7)ccc45)cc32)cc1. The van der Waals surface area contributed by atoms with Gasteiger partial charge in [-0.2, -0.15) is 0 Å². The fourth-order valence-corrected chi connectivity index (χ4v) is 14.8. The summed E-state index contributed by atoms with van der Waals surface area (Å²) in [5, 5.41) is 2.37. The molecule has 15 rings (SSSR count). The average Bonchev–Trinajstić information content (AvgIpc) is 2.18. The molecule has 12 aromatic carbocycles. The minimum Gasteiger partial charge on any atom is -0.310 e. The molecular formula is C78H52F2N2S. The Morgan fingerprint density at radius 2 is 0.627 bits per heavy atom. The molecule has 2 aliphatic carbocycles. The molecule has 5 heteroatoms. The van der Waals surface area contributed by atoms with Gasteiger partial charge in [0.15, 0.2) is 0 Å². The first-order valence-electron chi connectivity index (χ1n) is 28.0. The van der Waals surface area contributed by atoms with Crippen molar-refractivity contribution in [2.75, 3.05) is 9.80 Å². The van der Waals surface area contributed by atoms with E-state index in [1.165, 1.54) is 20.2 Å². The van der Waals surface area contributed by atoms with Crippen molar-refractivity contribution in [2.45, 2.75) is 10.8 Å². The quantitative estimate of drug-likeness (QED) is 0.120. The summed E-state index contributed by atoms with van der Waals surface area (Å²) >= 11 is 1.80. The summed E-state index contributed by atoms with van der Waals surface area (Å²) in [7, 11) is 0. The van der Waals surface area contributed by atoms with Gasteiger partial charge in [0.05, 0.1) is 10.8 Å². The molecule has 0 aliphatic heterocycles. The molecule has 83 heavy (non-hydrogen) atoms. The monoisotopic (exact) mass is 1090 g/mol. The summed E-state index contributed by atoms with van der Waals surface area (Å²) in [6, 6.07) is 97.3. The predicted octanol–water partition coefficient (Wildman–Crippen LogP) is 21.3. The van der Waals surface area contributed by atoms with Crippen molar-refractivity contribution in [3.8, 4) is 22.3 Å². The Morgan fingerprint density at radius 3 is 1.01 bits per heavy atom. The van der Waals surface area contributed by atoms with E-state index in [0.29, 0.717) is 0 Å². The zero-order chi connectivity index (χ0) is 55.8. The minimum atomic E-state index is -0.743.